The summed E-state index contributed by atoms with van der Waals surface area (Å²) < 4.78 is 136. The largest absolute Gasteiger partial charge is 0.431 e. The lowest BCUT2D eigenvalue weighted by Crippen LogP contribution is -2.54. The number of hydrogen-bond acceptors (Lipinski definition) is 5. The molecule has 3 N–H and O–H groups in total. The topological polar surface area (TPSA) is 113 Å². The minimum atomic E-state index is -6.33. The predicted molar refractivity (Wildman–Crippen MR) is 89.8 cm³/mol. The van der Waals surface area contributed by atoms with Crippen LogP contribution in [0.2, 0.25) is 0 Å². The fourth-order valence-electron chi connectivity index (χ4n) is 2.25. The third kappa shape index (κ3) is 10.2. The summed E-state index contributed by atoms with van der Waals surface area (Å²) >= 11 is 0. The fraction of sp³-hybridized carbons (Fsp3) is 1.00. The van der Waals surface area contributed by atoms with Crippen LogP contribution in [0.15, 0.2) is 0 Å². The van der Waals surface area contributed by atoms with E-state index in [0.717, 1.165) is 0 Å². The molecule has 29 heavy (non-hydrogen) atoms. The Labute approximate surface area is 165 Å². The van der Waals surface area contributed by atoms with E-state index in [1.54, 1.807) is 4.72 Å². The Bertz CT molecular complexity index is 669. The zero-order valence-electron chi connectivity index (χ0n) is 15.2. The summed E-state index contributed by atoms with van der Waals surface area (Å²) in [4.78, 5) is 0. The molecule has 0 fully saturated rings. The smallest absolute Gasteiger partial charge is 0.390 e. The van der Waals surface area contributed by atoms with Crippen LogP contribution in [0.25, 0.3) is 0 Å². The number of rotatable bonds is 13. The van der Waals surface area contributed by atoms with Crippen LogP contribution < -0.4 is 9.44 Å². The average molecular weight is 484 g/mol. The Kier molecular flexibility index (Phi) is 10.3. The molecule has 0 aromatic heterocycles. The van der Waals surface area contributed by atoms with Gasteiger partial charge in [0.15, 0.2) is 0 Å². The molecule has 176 valence electrons. The lowest BCUT2D eigenvalue weighted by Gasteiger charge is -2.29. The van der Waals surface area contributed by atoms with E-state index in [1.807, 2.05) is 0 Å². The molecule has 0 bridgehead atoms. The molecule has 0 unspecified atom stereocenters. The van der Waals surface area contributed by atoms with Gasteiger partial charge in [-0.3, -0.25) is 0 Å². The average Bonchev–Trinajstić information content (AvgIpc) is 2.51. The highest BCUT2D eigenvalue weighted by Gasteiger charge is 2.72. The second-order valence-electron chi connectivity index (χ2n) is 6.63. The third-order valence-corrected chi connectivity index (χ3v) is 5.83. The first-order valence-electron chi connectivity index (χ1n) is 8.23. The standard InChI is InChI=1S/C13H23F7N2O5S2/c1-10(23,4-2-7-21-28(24)25)5-3-8-22-29(26,27)9-6-11(14,12(15,16)17)13(18,19)20/h22-23,28H,2-9H2,1H3,(H,21,24,25)/t10-/m1/s1. The molecule has 0 radical (unpaired) electrons. The summed E-state index contributed by atoms with van der Waals surface area (Å²) in [6, 6.07) is 0. The molecule has 0 amide bonds. The molecule has 0 rings (SSSR count). The van der Waals surface area contributed by atoms with E-state index in [-0.39, 0.29) is 32.2 Å². The molecule has 1 atom stereocenters. The van der Waals surface area contributed by atoms with Gasteiger partial charge in [0.25, 0.3) is 5.67 Å². The van der Waals surface area contributed by atoms with Gasteiger partial charge >= 0.3 is 12.4 Å². The number of halogens is 7. The highest BCUT2D eigenvalue weighted by molar-refractivity contribution is 7.89. The zero-order chi connectivity index (χ0) is 23.1. The molecule has 0 aromatic carbocycles. The summed E-state index contributed by atoms with van der Waals surface area (Å²) in [5, 5.41) is 10.0. The molecule has 7 nitrogen and oxygen atoms in total. The first-order valence-corrected chi connectivity index (χ1v) is 11.1. The first kappa shape index (κ1) is 28.3. The van der Waals surface area contributed by atoms with Gasteiger partial charge in [-0.05, 0) is 32.6 Å². The van der Waals surface area contributed by atoms with E-state index in [0.29, 0.717) is 0 Å². The second kappa shape index (κ2) is 10.5. The van der Waals surface area contributed by atoms with Crippen molar-refractivity contribution in [3.63, 3.8) is 0 Å². The second-order valence-corrected chi connectivity index (χ2v) is 9.39. The number of hydrogen-bond donors (Lipinski definition) is 4. The number of nitrogens with one attached hydrogen (secondary N) is 2. The molecular formula is C13H23F7N2O5S2. The summed E-state index contributed by atoms with van der Waals surface area (Å²) in [7, 11) is -7.41. The Morgan fingerprint density at radius 2 is 1.31 bits per heavy atom. The highest BCUT2D eigenvalue weighted by Crippen LogP contribution is 2.48. The number of thiol groups is 1. The lowest BCUT2D eigenvalue weighted by atomic mass is 9.94. The monoisotopic (exact) mass is 484 g/mol. The van der Waals surface area contributed by atoms with Gasteiger partial charge in [-0.25, -0.2) is 30.7 Å². The van der Waals surface area contributed by atoms with E-state index in [1.165, 1.54) is 6.92 Å². The van der Waals surface area contributed by atoms with Crippen LogP contribution in [0.3, 0.4) is 0 Å². The molecular weight excluding hydrogens is 461 g/mol. The fourth-order valence-corrected chi connectivity index (χ4v) is 3.74. The summed E-state index contributed by atoms with van der Waals surface area (Å²) in [5.41, 5.74) is -6.96. The maximum atomic E-state index is 13.5. The van der Waals surface area contributed by atoms with E-state index in [9.17, 15) is 52.7 Å². The van der Waals surface area contributed by atoms with Crippen molar-refractivity contribution in [1.82, 2.24) is 9.44 Å². The Balaban J connectivity index is 4.53. The van der Waals surface area contributed by atoms with Gasteiger partial charge in [0.2, 0.25) is 20.9 Å². The van der Waals surface area contributed by atoms with Gasteiger partial charge in [0.1, 0.15) is 0 Å². The van der Waals surface area contributed by atoms with E-state index in [2.05, 4.69) is 4.72 Å². The zero-order valence-corrected chi connectivity index (χ0v) is 16.9. The van der Waals surface area contributed by atoms with Crippen molar-refractivity contribution < 1.29 is 52.7 Å². The molecule has 0 spiro atoms. The minimum Gasteiger partial charge on any atom is -0.390 e. The van der Waals surface area contributed by atoms with Crippen LogP contribution in [-0.2, 0) is 20.9 Å². The quantitative estimate of drug-likeness (QED) is 0.180. The Hall–Kier alpha value is -0.710. The predicted octanol–water partition coefficient (Wildman–Crippen LogP) is 1.56. The van der Waals surface area contributed by atoms with Gasteiger partial charge in [0, 0.05) is 19.5 Å². The van der Waals surface area contributed by atoms with Gasteiger partial charge in [0.05, 0.1) is 11.4 Å². The van der Waals surface area contributed by atoms with Crippen LogP contribution in [-0.4, -0.2) is 64.4 Å². The van der Waals surface area contributed by atoms with Gasteiger partial charge < -0.3 is 5.11 Å². The number of alkyl halides is 7. The van der Waals surface area contributed by atoms with Crippen molar-refractivity contribution in [2.24, 2.45) is 0 Å². The number of aliphatic hydroxyl groups is 1. The van der Waals surface area contributed by atoms with Crippen molar-refractivity contribution in [2.75, 3.05) is 18.8 Å². The molecule has 0 saturated carbocycles. The molecule has 0 saturated heterocycles. The van der Waals surface area contributed by atoms with Crippen LogP contribution in [0.1, 0.15) is 39.0 Å². The first-order chi connectivity index (χ1) is 12.8. The molecule has 0 aliphatic carbocycles. The minimum absolute atomic E-state index is 0.0111. The summed E-state index contributed by atoms with van der Waals surface area (Å²) in [6.07, 6.45) is -14.6. The number of sulfonamides is 1. The van der Waals surface area contributed by atoms with Crippen molar-refractivity contribution in [3.05, 3.63) is 0 Å². The van der Waals surface area contributed by atoms with Gasteiger partial charge in [-0.2, -0.15) is 26.3 Å². The molecule has 0 aliphatic heterocycles. The maximum absolute atomic E-state index is 13.5. The van der Waals surface area contributed by atoms with Crippen LogP contribution in [0, 0.1) is 0 Å². The van der Waals surface area contributed by atoms with Crippen molar-refractivity contribution in [1.29, 1.82) is 0 Å². The van der Waals surface area contributed by atoms with Crippen molar-refractivity contribution >= 4 is 20.9 Å². The van der Waals surface area contributed by atoms with Crippen LogP contribution in [0.5, 0.6) is 0 Å². The maximum Gasteiger partial charge on any atom is 0.431 e. The van der Waals surface area contributed by atoms with E-state index < -0.39 is 63.3 Å². The summed E-state index contributed by atoms with van der Waals surface area (Å²) in [5.74, 6) is -1.74. The van der Waals surface area contributed by atoms with Crippen LogP contribution >= 0.6 is 0 Å². The summed E-state index contributed by atoms with van der Waals surface area (Å²) in [6.45, 7) is 1.06. The molecule has 16 heteroatoms. The van der Waals surface area contributed by atoms with Crippen LogP contribution in [0.4, 0.5) is 30.7 Å². The molecule has 0 aliphatic rings. The van der Waals surface area contributed by atoms with Crippen molar-refractivity contribution in [3.8, 4) is 0 Å². The highest BCUT2D eigenvalue weighted by atomic mass is 32.2. The van der Waals surface area contributed by atoms with E-state index in [4.69, 9.17) is 0 Å². The molecule has 0 aromatic rings. The van der Waals surface area contributed by atoms with Gasteiger partial charge in [-0.1, -0.05) is 0 Å². The Morgan fingerprint density at radius 1 is 0.862 bits per heavy atom. The third-order valence-electron chi connectivity index (χ3n) is 3.96. The van der Waals surface area contributed by atoms with Crippen molar-refractivity contribution in [2.45, 2.75) is 62.7 Å². The lowest BCUT2D eigenvalue weighted by molar-refractivity contribution is -0.341. The SMILES string of the molecule is C[C@@](O)(CCCN[SH](=O)=O)CCCNS(=O)(=O)CCC(F)(C(F)(F)F)C(F)(F)F. The van der Waals surface area contributed by atoms with E-state index >= 15 is 0 Å². The Morgan fingerprint density at radius 3 is 1.72 bits per heavy atom. The van der Waals surface area contributed by atoms with Gasteiger partial charge in [-0.15, -0.1) is 0 Å². The normalized spacial score (nSPS) is 16.2. The molecule has 0 heterocycles.